The van der Waals surface area contributed by atoms with Crippen LogP contribution in [-0.4, -0.2) is 47.5 Å². The van der Waals surface area contributed by atoms with E-state index in [2.05, 4.69) is 55.9 Å². The van der Waals surface area contributed by atoms with Crippen LogP contribution in [0.2, 0.25) is 5.02 Å². The number of rotatable bonds is 6. The number of nitrogens with one attached hydrogen (secondary N) is 3. The van der Waals surface area contributed by atoms with E-state index in [1.807, 2.05) is 18.2 Å². The second-order valence-corrected chi connectivity index (χ2v) is 9.34. The minimum Gasteiger partial charge on any atom is -0.355 e. The van der Waals surface area contributed by atoms with E-state index in [4.69, 9.17) is 11.6 Å². The SMILES string of the molecule is CCN1CC2CCC(C1)c1cc(Nc3ncc(Cl)c(Nc4ccccc4C(=O)NC)n3)ccc12. The van der Waals surface area contributed by atoms with Gasteiger partial charge in [0.25, 0.3) is 5.91 Å². The van der Waals surface area contributed by atoms with Gasteiger partial charge in [0, 0.05) is 25.8 Å². The van der Waals surface area contributed by atoms with Gasteiger partial charge >= 0.3 is 0 Å². The van der Waals surface area contributed by atoms with Gasteiger partial charge < -0.3 is 20.9 Å². The van der Waals surface area contributed by atoms with E-state index in [0.717, 1.165) is 25.3 Å². The Hall–Kier alpha value is -3.16. The molecule has 2 bridgehead atoms. The summed E-state index contributed by atoms with van der Waals surface area (Å²) >= 11 is 6.38. The number of amides is 1. The van der Waals surface area contributed by atoms with Crippen LogP contribution in [0.4, 0.5) is 23.1 Å². The van der Waals surface area contributed by atoms with Gasteiger partial charge in [-0.1, -0.05) is 36.7 Å². The maximum absolute atomic E-state index is 12.2. The topological polar surface area (TPSA) is 82.2 Å². The van der Waals surface area contributed by atoms with Crippen LogP contribution in [0.15, 0.2) is 48.7 Å². The third-order valence-electron chi connectivity index (χ3n) is 6.89. The summed E-state index contributed by atoms with van der Waals surface area (Å²) in [6.07, 6.45) is 4.08. The van der Waals surface area contributed by atoms with Crippen molar-refractivity contribution in [3.05, 3.63) is 70.4 Å². The molecule has 1 fully saturated rings. The highest BCUT2D eigenvalue weighted by Crippen LogP contribution is 2.43. The zero-order chi connectivity index (χ0) is 23.7. The number of hydrogen-bond donors (Lipinski definition) is 3. The maximum atomic E-state index is 12.2. The van der Waals surface area contributed by atoms with E-state index in [1.165, 1.54) is 24.0 Å². The summed E-state index contributed by atoms with van der Waals surface area (Å²) in [5.74, 6) is 1.87. The summed E-state index contributed by atoms with van der Waals surface area (Å²) in [4.78, 5) is 23.8. The van der Waals surface area contributed by atoms with Gasteiger partial charge in [-0.15, -0.1) is 0 Å². The third-order valence-corrected chi connectivity index (χ3v) is 7.16. The molecule has 2 unspecified atom stereocenters. The molecule has 2 atom stereocenters. The van der Waals surface area contributed by atoms with Crippen LogP contribution < -0.4 is 16.0 Å². The van der Waals surface area contributed by atoms with Crippen LogP contribution >= 0.6 is 11.6 Å². The first kappa shape index (κ1) is 22.6. The van der Waals surface area contributed by atoms with E-state index >= 15 is 0 Å². The van der Waals surface area contributed by atoms with Crippen LogP contribution in [0.5, 0.6) is 0 Å². The number of carbonyl (C=O) groups excluding carboxylic acids is 1. The summed E-state index contributed by atoms with van der Waals surface area (Å²) in [6.45, 7) is 5.63. The standard InChI is InChI=1S/C26H29ClN6O/c1-3-33-14-16-8-9-17(15-33)21-12-18(10-11-19(16)21)30-26-29-13-22(27)24(32-26)31-23-7-5-4-6-20(23)25(34)28-2/h4-7,10-13,16-17H,3,8-9,14-15H2,1-2H3,(H,28,34)(H2,29,30,31,32). The van der Waals surface area contributed by atoms with Gasteiger partial charge in [-0.05, 0) is 66.6 Å². The number of halogens is 1. The molecule has 34 heavy (non-hydrogen) atoms. The first-order chi connectivity index (χ1) is 16.6. The van der Waals surface area contributed by atoms with Crippen LogP contribution in [0, 0.1) is 0 Å². The Morgan fingerprint density at radius 1 is 1.09 bits per heavy atom. The first-order valence-electron chi connectivity index (χ1n) is 11.8. The van der Waals surface area contributed by atoms with E-state index in [-0.39, 0.29) is 5.91 Å². The second-order valence-electron chi connectivity index (χ2n) is 8.93. The van der Waals surface area contributed by atoms with Gasteiger partial charge in [0.2, 0.25) is 5.95 Å². The normalized spacial score (nSPS) is 19.3. The fraction of sp³-hybridized carbons (Fsp3) is 0.346. The number of para-hydroxylation sites is 1. The lowest BCUT2D eigenvalue weighted by Crippen LogP contribution is -2.27. The van der Waals surface area contributed by atoms with Gasteiger partial charge in [-0.25, -0.2) is 4.98 Å². The molecule has 1 amide bonds. The van der Waals surface area contributed by atoms with Crippen molar-refractivity contribution >= 4 is 40.6 Å². The molecule has 0 saturated carbocycles. The van der Waals surface area contributed by atoms with Crippen molar-refractivity contribution in [3.8, 4) is 0 Å². The van der Waals surface area contributed by atoms with Crippen molar-refractivity contribution in [2.75, 3.05) is 37.3 Å². The third kappa shape index (κ3) is 4.45. The molecule has 1 aromatic heterocycles. The lowest BCUT2D eigenvalue weighted by Gasteiger charge is -2.27. The molecule has 3 aromatic rings. The number of carbonyl (C=O) groups is 1. The van der Waals surface area contributed by atoms with Crippen molar-refractivity contribution < 1.29 is 4.79 Å². The first-order valence-corrected chi connectivity index (χ1v) is 12.2. The molecular weight excluding hydrogens is 448 g/mol. The fourth-order valence-electron chi connectivity index (χ4n) is 5.12. The molecule has 3 N–H and O–H groups in total. The Labute approximate surface area is 204 Å². The highest BCUT2D eigenvalue weighted by molar-refractivity contribution is 6.33. The van der Waals surface area contributed by atoms with Gasteiger partial charge in [0.05, 0.1) is 17.4 Å². The number of hydrogen-bond acceptors (Lipinski definition) is 6. The molecule has 8 heteroatoms. The summed E-state index contributed by atoms with van der Waals surface area (Å²) in [5.41, 5.74) is 5.03. The van der Waals surface area contributed by atoms with Crippen LogP contribution in [0.25, 0.3) is 0 Å². The summed E-state index contributed by atoms with van der Waals surface area (Å²) < 4.78 is 0. The molecule has 2 aliphatic heterocycles. The van der Waals surface area contributed by atoms with Crippen LogP contribution in [-0.2, 0) is 0 Å². The van der Waals surface area contributed by atoms with Crippen molar-refractivity contribution in [2.24, 2.45) is 0 Å². The van der Waals surface area contributed by atoms with Gasteiger partial charge in [0.1, 0.15) is 5.02 Å². The van der Waals surface area contributed by atoms with Gasteiger partial charge in [-0.2, -0.15) is 4.98 Å². The molecule has 2 aromatic carbocycles. The van der Waals surface area contributed by atoms with E-state index < -0.39 is 0 Å². The van der Waals surface area contributed by atoms with Crippen LogP contribution in [0.1, 0.15) is 53.1 Å². The fourth-order valence-corrected chi connectivity index (χ4v) is 5.26. The minimum atomic E-state index is -0.187. The Morgan fingerprint density at radius 2 is 1.85 bits per heavy atom. The summed E-state index contributed by atoms with van der Waals surface area (Å²) in [6, 6.07) is 13.9. The minimum absolute atomic E-state index is 0.187. The van der Waals surface area contributed by atoms with Crippen molar-refractivity contribution in [3.63, 3.8) is 0 Å². The zero-order valence-electron chi connectivity index (χ0n) is 19.4. The van der Waals surface area contributed by atoms with Crippen LogP contribution in [0.3, 0.4) is 0 Å². The highest BCUT2D eigenvalue weighted by Gasteiger charge is 2.33. The van der Waals surface area contributed by atoms with Gasteiger partial charge in [-0.3, -0.25) is 4.79 Å². The number of anilines is 4. The Morgan fingerprint density at radius 3 is 2.62 bits per heavy atom. The van der Waals surface area contributed by atoms with Crippen molar-refractivity contribution in [1.29, 1.82) is 0 Å². The lowest BCUT2D eigenvalue weighted by molar-refractivity contribution is 0.0964. The molecule has 0 spiro atoms. The van der Waals surface area contributed by atoms with E-state index in [0.29, 0.717) is 39.9 Å². The van der Waals surface area contributed by atoms with Crippen molar-refractivity contribution in [1.82, 2.24) is 20.2 Å². The summed E-state index contributed by atoms with van der Waals surface area (Å²) in [5, 5.41) is 9.56. The molecule has 3 heterocycles. The Kier molecular flexibility index (Phi) is 6.39. The Bertz CT molecular complexity index is 1220. The molecule has 6 rings (SSSR count). The predicted molar refractivity (Wildman–Crippen MR) is 137 cm³/mol. The second kappa shape index (κ2) is 9.60. The number of nitrogens with zero attached hydrogens (tertiary/aromatic N) is 3. The number of aromatic nitrogens is 2. The molecule has 176 valence electrons. The zero-order valence-corrected chi connectivity index (χ0v) is 20.2. The van der Waals surface area contributed by atoms with E-state index in [1.54, 1.807) is 19.3 Å². The Balaban J connectivity index is 1.39. The van der Waals surface area contributed by atoms with Gasteiger partial charge in [0.15, 0.2) is 5.82 Å². The predicted octanol–water partition coefficient (Wildman–Crippen LogP) is 5.27. The molecule has 0 radical (unpaired) electrons. The molecule has 1 saturated heterocycles. The monoisotopic (exact) mass is 476 g/mol. The molecule has 1 aliphatic carbocycles. The molecule has 3 aliphatic rings. The highest BCUT2D eigenvalue weighted by atomic mass is 35.5. The largest absolute Gasteiger partial charge is 0.355 e. The smallest absolute Gasteiger partial charge is 0.253 e. The maximum Gasteiger partial charge on any atom is 0.253 e. The quantitative estimate of drug-likeness (QED) is 0.449. The summed E-state index contributed by atoms with van der Waals surface area (Å²) in [7, 11) is 1.60. The number of fused-ring (bicyclic) bond motifs is 3. The number of likely N-dealkylation sites (N-methyl/N-ethyl adjacent to an activating group) is 1. The average Bonchev–Trinajstić information content (AvgIpc) is 3.17. The average molecular weight is 477 g/mol. The van der Waals surface area contributed by atoms with Crippen molar-refractivity contribution in [2.45, 2.75) is 31.6 Å². The van der Waals surface area contributed by atoms with E-state index in [9.17, 15) is 4.79 Å². The molecule has 7 nitrogen and oxygen atoms in total. The molecular formula is C26H29ClN6O. The number of benzene rings is 2. The lowest BCUT2D eigenvalue weighted by atomic mass is 9.78.